The first kappa shape index (κ1) is 14.0. The van der Waals surface area contributed by atoms with E-state index in [2.05, 4.69) is 11.0 Å². The molecule has 1 aromatic rings. The van der Waals surface area contributed by atoms with Gasteiger partial charge in [-0.1, -0.05) is 12.5 Å². The molecule has 1 heterocycles. The fourth-order valence-electron chi connectivity index (χ4n) is 2.75. The summed E-state index contributed by atoms with van der Waals surface area (Å²) in [6, 6.07) is 6.82. The molecule has 0 spiro atoms. The van der Waals surface area contributed by atoms with Crippen molar-refractivity contribution in [3.05, 3.63) is 35.1 Å². The van der Waals surface area contributed by atoms with E-state index in [9.17, 15) is 4.39 Å². The molecule has 1 aliphatic rings. The Kier molecular flexibility index (Phi) is 4.89. The molecule has 0 unspecified atom stereocenters. The SMILES string of the molecule is N#Cc1cc(F)ccc1CN1CCCC[C@@H]1CCO. The van der Waals surface area contributed by atoms with Gasteiger partial charge in [0.2, 0.25) is 0 Å². The summed E-state index contributed by atoms with van der Waals surface area (Å²) in [7, 11) is 0. The Hall–Kier alpha value is -1.44. The highest BCUT2D eigenvalue weighted by molar-refractivity contribution is 5.37. The maximum Gasteiger partial charge on any atom is 0.124 e. The number of aliphatic hydroxyl groups excluding tert-OH is 1. The maximum absolute atomic E-state index is 13.1. The third kappa shape index (κ3) is 3.52. The van der Waals surface area contributed by atoms with E-state index < -0.39 is 0 Å². The first-order valence-electron chi connectivity index (χ1n) is 6.78. The van der Waals surface area contributed by atoms with Crippen LogP contribution in [0.4, 0.5) is 4.39 Å². The molecule has 1 N–H and O–H groups in total. The largest absolute Gasteiger partial charge is 0.396 e. The number of benzene rings is 1. The van der Waals surface area contributed by atoms with Crippen LogP contribution < -0.4 is 0 Å². The predicted molar refractivity (Wildman–Crippen MR) is 70.9 cm³/mol. The Morgan fingerprint density at radius 1 is 1.42 bits per heavy atom. The molecule has 0 amide bonds. The van der Waals surface area contributed by atoms with Crippen LogP contribution in [0.2, 0.25) is 0 Å². The van der Waals surface area contributed by atoms with Crippen molar-refractivity contribution in [1.29, 1.82) is 5.26 Å². The van der Waals surface area contributed by atoms with E-state index in [1.165, 1.54) is 18.6 Å². The van der Waals surface area contributed by atoms with Gasteiger partial charge in [0.25, 0.3) is 0 Å². The molecule has 0 radical (unpaired) electrons. The molecule has 0 aliphatic carbocycles. The Balaban J connectivity index is 2.12. The lowest BCUT2D eigenvalue weighted by Gasteiger charge is -2.35. The van der Waals surface area contributed by atoms with Gasteiger partial charge in [-0.05, 0) is 43.5 Å². The summed E-state index contributed by atoms with van der Waals surface area (Å²) < 4.78 is 13.1. The lowest BCUT2D eigenvalue weighted by atomic mass is 9.98. The van der Waals surface area contributed by atoms with E-state index in [4.69, 9.17) is 10.4 Å². The first-order chi connectivity index (χ1) is 9.24. The number of likely N-dealkylation sites (tertiary alicyclic amines) is 1. The van der Waals surface area contributed by atoms with Crippen LogP contribution in [0.5, 0.6) is 0 Å². The third-order valence-electron chi connectivity index (χ3n) is 3.78. The summed E-state index contributed by atoms with van der Waals surface area (Å²) in [5.41, 5.74) is 1.28. The van der Waals surface area contributed by atoms with Gasteiger partial charge in [-0.3, -0.25) is 4.90 Å². The Bertz CT molecular complexity index is 468. The monoisotopic (exact) mass is 262 g/mol. The van der Waals surface area contributed by atoms with Crippen molar-refractivity contribution in [2.45, 2.75) is 38.3 Å². The summed E-state index contributed by atoms with van der Waals surface area (Å²) in [6.07, 6.45) is 4.19. The highest BCUT2D eigenvalue weighted by Gasteiger charge is 2.22. The van der Waals surface area contributed by atoms with Gasteiger partial charge in [0, 0.05) is 19.2 Å². The molecule has 1 fully saturated rings. The minimum atomic E-state index is -0.370. The molecule has 19 heavy (non-hydrogen) atoms. The molecule has 1 aliphatic heterocycles. The fourth-order valence-corrected chi connectivity index (χ4v) is 2.75. The fraction of sp³-hybridized carbons (Fsp3) is 0.533. The van der Waals surface area contributed by atoms with Crippen molar-refractivity contribution in [3.8, 4) is 6.07 Å². The van der Waals surface area contributed by atoms with E-state index in [-0.39, 0.29) is 12.4 Å². The second-order valence-electron chi connectivity index (χ2n) is 5.05. The average Bonchev–Trinajstić information content (AvgIpc) is 2.43. The van der Waals surface area contributed by atoms with Gasteiger partial charge in [0.1, 0.15) is 5.82 Å². The van der Waals surface area contributed by atoms with E-state index >= 15 is 0 Å². The molecule has 4 heteroatoms. The summed E-state index contributed by atoms with van der Waals surface area (Å²) in [5, 5.41) is 18.2. The number of halogens is 1. The highest BCUT2D eigenvalue weighted by Crippen LogP contribution is 2.23. The molecule has 2 rings (SSSR count). The second-order valence-corrected chi connectivity index (χ2v) is 5.05. The molecule has 3 nitrogen and oxygen atoms in total. The van der Waals surface area contributed by atoms with Crippen LogP contribution in [0.3, 0.4) is 0 Å². The predicted octanol–water partition coefficient (Wildman–Crippen LogP) is 2.43. The van der Waals surface area contributed by atoms with E-state index in [0.29, 0.717) is 18.2 Å². The van der Waals surface area contributed by atoms with Gasteiger partial charge >= 0.3 is 0 Å². The van der Waals surface area contributed by atoms with Gasteiger partial charge in [-0.2, -0.15) is 5.26 Å². The van der Waals surface area contributed by atoms with Crippen LogP contribution in [0.25, 0.3) is 0 Å². The van der Waals surface area contributed by atoms with Gasteiger partial charge in [-0.25, -0.2) is 4.39 Å². The van der Waals surface area contributed by atoms with Crippen molar-refractivity contribution in [3.63, 3.8) is 0 Å². The van der Waals surface area contributed by atoms with E-state index in [1.54, 1.807) is 6.07 Å². The molecule has 1 saturated heterocycles. The van der Waals surface area contributed by atoms with Gasteiger partial charge in [0.05, 0.1) is 11.6 Å². The summed E-state index contributed by atoms with van der Waals surface area (Å²) in [6.45, 7) is 1.83. The van der Waals surface area contributed by atoms with Crippen molar-refractivity contribution < 1.29 is 9.50 Å². The van der Waals surface area contributed by atoms with Crippen molar-refractivity contribution in [2.75, 3.05) is 13.2 Å². The van der Waals surface area contributed by atoms with Crippen LogP contribution in [0.1, 0.15) is 36.8 Å². The maximum atomic E-state index is 13.1. The number of hydrogen-bond donors (Lipinski definition) is 1. The van der Waals surface area contributed by atoms with Crippen LogP contribution in [-0.4, -0.2) is 29.2 Å². The molecule has 102 valence electrons. The normalized spacial score (nSPS) is 20.2. The van der Waals surface area contributed by atoms with Crippen LogP contribution in [0, 0.1) is 17.1 Å². The Morgan fingerprint density at radius 2 is 2.26 bits per heavy atom. The van der Waals surface area contributed by atoms with E-state index in [0.717, 1.165) is 31.4 Å². The second kappa shape index (κ2) is 6.65. The van der Waals surface area contributed by atoms with Crippen molar-refractivity contribution in [1.82, 2.24) is 4.90 Å². The third-order valence-corrected chi connectivity index (χ3v) is 3.78. The number of nitriles is 1. The zero-order chi connectivity index (χ0) is 13.7. The van der Waals surface area contributed by atoms with Gasteiger partial charge in [-0.15, -0.1) is 0 Å². The van der Waals surface area contributed by atoms with Crippen LogP contribution in [-0.2, 0) is 6.54 Å². The first-order valence-corrected chi connectivity index (χ1v) is 6.78. The zero-order valence-corrected chi connectivity index (χ0v) is 11.0. The number of rotatable bonds is 4. The number of nitrogens with zero attached hydrogens (tertiary/aromatic N) is 2. The molecule has 0 saturated carbocycles. The lowest BCUT2D eigenvalue weighted by molar-refractivity contribution is 0.112. The van der Waals surface area contributed by atoms with Crippen LogP contribution >= 0.6 is 0 Å². The Labute approximate surface area is 113 Å². The number of aliphatic hydroxyl groups is 1. The molecular weight excluding hydrogens is 243 g/mol. The standard InChI is InChI=1S/C15H19FN2O/c16-14-5-4-12(13(9-14)10-17)11-18-7-2-1-3-15(18)6-8-19/h4-5,9,15,19H,1-3,6-8,11H2/t15-/m1/s1. The number of piperidine rings is 1. The summed E-state index contributed by atoms with van der Waals surface area (Å²) >= 11 is 0. The van der Waals surface area contributed by atoms with Gasteiger partial charge in [0.15, 0.2) is 0 Å². The highest BCUT2D eigenvalue weighted by atomic mass is 19.1. The van der Waals surface area contributed by atoms with Gasteiger partial charge < -0.3 is 5.11 Å². The molecule has 1 atom stereocenters. The lowest BCUT2D eigenvalue weighted by Crippen LogP contribution is -2.39. The number of hydrogen-bond acceptors (Lipinski definition) is 3. The smallest absolute Gasteiger partial charge is 0.124 e. The zero-order valence-electron chi connectivity index (χ0n) is 11.0. The average molecular weight is 262 g/mol. The quantitative estimate of drug-likeness (QED) is 0.906. The van der Waals surface area contributed by atoms with Crippen LogP contribution in [0.15, 0.2) is 18.2 Å². The topological polar surface area (TPSA) is 47.3 Å². The summed E-state index contributed by atoms with van der Waals surface area (Å²) in [4.78, 5) is 2.30. The molecule has 0 aromatic heterocycles. The van der Waals surface area contributed by atoms with Crippen molar-refractivity contribution >= 4 is 0 Å². The van der Waals surface area contributed by atoms with Crippen molar-refractivity contribution in [2.24, 2.45) is 0 Å². The van der Waals surface area contributed by atoms with E-state index in [1.807, 2.05) is 0 Å². The molecular formula is C15H19FN2O. The summed E-state index contributed by atoms with van der Waals surface area (Å²) in [5.74, 6) is -0.370. The minimum absolute atomic E-state index is 0.190. The Morgan fingerprint density at radius 3 is 3.00 bits per heavy atom. The molecule has 1 aromatic carbocycles. The minimum Gasteiger partial charge on any atom is -0.396 e. The molecule has 0 bridgehead atoms.